The first-order valence-electron chi connectivity index (χ1n) is 7.18. The lowest BCUT2D eigenvalue weighted by Gasteiger charge is -2.12. The van der Waals surface area contributed by atoms with E-state index in [2.05, 4.69) is 56.9 Å². The fourth-order valence-electron chi connectivity index (χ4n) is 2.37. The van der Waals surface area contributed by atoms with Crippen molar-refractivity contribution in [2.45, 2.75) is 23.6 Å². The Hall–Kier alpha value is -1.87. The highest BCUT2D eigenvalue weighted by molar-refractivity contribution is 14.1. The third kappa shape index (κ3) is 3.62. The summed E-state index contributed by atoms with van der Waals surface area (Å²) in [7, 11) is 0. The summed E-state index contributed by atoms with van der Waals surface area (Å²) in [6.45, 7) is 4.00. The predicted octanol–water partition coefficient (Wildman–Crippen LogP) is 3.29. The number of nitrogens with zero attached hydrogens (tertiary/aromatic N) is 2. The molecule has 0 aliphatic heterocycles. The molecule has 0 unspecified atom stereocenters. The molecule has 0 spiro atoms. The van der Waals surface area contributed by atoms with Gasteiger partial charge < -0.3 is 0 Å². The van der Waals surface area contributed by atoms with Gasteiger partial charge in [0, 0.05) is 13.4 Å². The number of H-pyrrole nitrogens is 1. The van der Waals surface area contributed by atoms with Crippen LogP contribution in [0.1, 0.15) is 11.1 Å². The van der Waals surface area contributed by atoms with Crippen LogP contribution < -0.4 is 11.2 Å². The molecule has 0 amide bonds. The Morgan fingerprint density at radius 3 is 2.29 bits per heavy atom. The molecule has 0 aliphatic rings. The molecular weight excluding hydrogens is 437 g/mol. The van der Waals surface area contributed by atoms with Gasteiger partial charge in [-0.3, -0.25) is 9.78 Å². The van der Waals surface area contributed by atoms with Gasteiger partial charge in [0.1, 0.15) is 6.20 Å². The second-order valence-electron chi connectivity index (χ2n) is 5.32. The van der Waals surface area contributed by atoms with Crippen LogP contribution >= 0.6 is 34.4 Å². The van der Waals surface area contributed by atoms with Crippen LogP contribution in [0, 0.1) is 17.4 Å². The number of halogens is 1. The molecule has 0 atom stereocenters. The molecule has 7 heteroatoms. The maximum atomic E-state index is 11.9. The molecule has 0 bridgehead atoms. The first-order valence-corrected chi connectivity index (χ1v) is 9.07. The predicted molar refractivity (Wildman–Crippen MR) is 103 cm³/mol. The third-order valence-electron chi connectivity index (χ3n) is 3.44. The van der Waals surface area contributed by atoms with Gasteiger partial charge in [-0.2, -0.15) is 9.78 Å². The lowest BCUT2D eigenvalue weighted by molar-refractivity contribution is 0.747. The van der Waals surface area contributed by atoms with Gasteiger partial charge in [0.05, 0.1) is 5.69 Å². The summed E-state index contributed by atoms with van der Waals surface area (Å²) in [6.07, 6.45) is 1.10. The van der Waals surface area contributed by atoms with Gasteiger partial charge in [0.15, 0.2) is 0 Å². The number of hydrogen-bond donors (Lipinski definition) is 1. The van der Waals surface area contributed by atoms with Gasteiger partial charge in [0.25, 0.3) is 5.56 Å². The van der Waals surface area contributed by atoms with Crippen molar-refractivity contribution in [3.05, 3.63) is 78.1 Å². The fourth-order valence-corrected chi connectivity index (χ4v) is 3.68. The Morgan fingerprint density at radius 2 is 1.71 bits per heavy atom. The number of aromatic amines is 1. The van der Waals surface area contributed by atoms with Crippen LogP contribution in [0.2, 0.25) is 0 Å². The summed E-state index contributed by atoms with van der Waals surface area (Å²) < 4.78 is 2.39. The summed E-state index contributed by atoms with van der Waals surface area (Å²) in [6, 6.07) is 12.1. The average molecular weight is 451 g/mol. The molecule has 3 rings (SSSR count). The number of hydrogen-bond acceptors (Lipinski definition) is 4. The molecule has 0 radical (unpaired) electrons. The highest BCUT2D eigenvalue weighted by atomic mass is 127. The summed E-state index contributed by atoms with van der Waals surface area (Å²) in [5.74, 6) is 0. The smallest absolute Gasteiger partial charge is 0.271 e. The number of aromatic nitrogens is 3. The minimum atomic E-state index is -0.542. The maximum absolute atomic E-state index is 11.9. The summed E-state index contributed by atoms with van der Waals surface area (Å²) in [5, 5.41) is 3.91. The summed E-state index contributed by atoms with van der Waals surface area (Å²) in [4.78, 5) is 27.6. The Kier molecular flexibility index (Phi) is 4.91. The van der Waals surface area contributed by atoms with E-state index in [1.165, 1.54) is 8.25 Å². The van der Waals surface area contributed by atoms with Crippen molar-refractivity contribution in [2.24, 2.45) is 0 Å². The molecule has 3 aromatic rings. The minimum absolute atomic E-state index is 0.504. The Balaban J connectivity index is 2.01. The maximum Gasteiger partial charge on any atom is 0.349 e. The lowest BCUT2D eigenvalue weighted by Crippen LogP contribution is -2.30. The number of nitrogens with one attached hydrogen (secondary N) is 1. The van der Waals surface area contributed by atoms with E-state index in [1.807, 2.05) is 26.0 Å². The molecule has 0 saturated carbocycles. The van der Waals surface area contributed by atoms with Crippen molar-refractivity contribution in [3.63, 3.8) is 0 Å². The van der Waals surface area contributed by atoms with Crippen molar-refractivity contribution in [1.82, 2.24) is 14.8 Å². The standard InChI is InChI=1S/C17H14IN3O2S/c1-10-7-13(21-17(23)20-15(22)9-19-21)8-11(2)16(10)24-14-5-3-12(18)4-6-14/h3-9H,1-2H3,(H,20,22,23). The van der Waals surface area contributed by atoms with Gasteiger partial charge in [-0.25, -0.2) is 4.79 Å². The van der Waals surface area contributed by atoms with E-state index < -0.39 is 11.2 Å². The molecule has 1 N–H and O–H groups in total. The normalized spacial score (nSPS) is 10.8. The van der Waals surface area contributed by atoms with Crippen LogP contribution in [0.3, 0.4) is 0 Å². The molecule has 122 valence electrons. The molecule has 24 heavy (non-hydrogen) atoms. The minimum Gasteiger partial charge on any atom is -0.271 e. The molecule has 0 fully saturated rings. The summed E-state index contributed by atoms with van der Waals surface area (Å²) in [5.41, 5.74) is 1.69. The Morgan fingerprint density at radius 1 is 1.08 bits per heavy atom. The van der Waals surface area contributed by atoms with Crippen LogP contribution in [0.25, 0.3) is 5.69 Å². The van der Waals surface area contributed by atoms with Crippen LogP contribution in [-0.2, 0) is 0 Å². The second-order valence-corrected chi connectivity index (χ2v) is 7.64. The van der Waals surface area contributed by atoms with Crippen LogP contribution in [0.5, 0.6) is 0 Å². The fraction of sp³-hybridized carbons (Fsp3) is 0.118. The van der Waals surface area contributed by atoms with Crippen LogP contribution in [0.4, 0.5) is 0 Å². The van der Waals surface area contributed by atoms with Crippen molar-refractivity contribution in [1.29, 1.82) is 0 Å². The van der Waals surface area contributed by atoms with Gasteiger partial charge in [0.2, 0.25) is 0 Å². The van der Waals surface area contributed by atoms with E-state index in [1.54, 1.807) is 11.8 Å². The van der Waals surface area contributed by atoms with Gasteiger partial charge in [-0.1, -0.05) is 11.8 Å². The van der Waals surface area contributed by atoms with E-state index in [9.17, 15) is 9.59 Å². The molecule has 0 saturated heterocycles. The first-order chi connectivity index (χ1) is 11.4. The topological polar surface area (TPSA) is 67.8 Å². The van der Waals surface area contributed by atoms with E-state index in [4.69, 9.17) is 0 Å². The largest absolute Gasteiger partial charge is 0.349 e. The first kappa shape index (κ1) is 17.0. The molecule has 5 nitrogen and oxygen atoms in total. The van der Waals surface area contributed by atoms with E-state index in [0.29, 0.717) is 5.69 Å². The monoisotopic (exact) mass is 451 g/mol. The average Bonchev–Trinajstić information content (AvgIpc) is 2.52. The lowest BCUT2D eigenvalue weighted by atomic mass is 10.1. The number of aryl methyl sites for hydroxylation is 2. The SMILES string of the molecule is Cc1cc(-n2ncc(=O)[nH]c2=O)cc(C)c1Sc1ccc(I)cc1. The molecule has 1 heterocycles. The zero-order valence-corrected chi connectivity index (χ0v) is 16.0. The van der Waals surface area contributed by atoms with Gasteiger partial charge >= 0.3 is 5.69 Å². The van der Waals surface area contributed by atoms with Gasteiger partial charge in [-0.15, -0.1) is 0 Å². The van der Waals surface area contributed by atoms with Crippen LogP contribution in [-0.4, -0.2) is 14.8 Å². The quantitative estimate of drug-likeness (QED) is 0.621. The molecule has 1 aromatic heterocycles. The van der Waals surface area contributed by atoms with Crippen molar-refractivity contribution in [3.8, 4) is 5.69 Å². The molecule has 0 aliphatic carbocycles. The Labute approximate surface area is 156 Å². The Bertz CT molecular complexity index is 986. The van der Waals surface area contributed by atoms with Crippen molar-refractivity contribution < 1.29 is 0 Å². The molecule has 2 aromatic carbocycles. The number of rotatable bonds is 3. The van der Waals surface area contributed by atoms with Crippen LogP contribution in [0.15, 0.2) is 62.0 Å². The zero-order chi connectivity index (χ0) is 17.3. The zero-order valence-electron chi connectivity index (χ0n) is 13.0. The van der Waals surface area contributed by atoms with Gasteiger partial charge in [-0.05, 0) is 84.0 Å². The van der Waals surface area contributed by atoms with Crippen molar-refractivity contribution >= 4 is 34.4 Å². The van der Waals surface area contributed by atoms with E-state index >= 15 is 0 Å². The molecular formula is C17H14IN3O2S. The van der Waals surface area contributed by atoms with E-state index in [-0.39, 0.29) is 0 Å². The highest BCUT2D eigenvalue weighted by Gasteiger charge is 2.10. The van der Waals surface area contributed by atoms with Crippen molar-refractivity contribution in [2.75, 3.05) is 0 Å². The third-order valence-corrected chi connectivity index (χ3v) is 5.51. The highest BCUT2D eigenvalue weighted by Crippen LogP contribution is 2.34. The summed E-state index contributed by atoms with van der Waals surface area (Å²) >= 11 is 3.97. The second kappa shape index (κ2) is 6.94. The number of benzene rings is 2. The van der Waals surface area contributed by atoms with E-state index in [0.717, 1.165) is 27.1 Å².